The summed E-state index contributed by atoms with van der Waals surface area (Å²) in [6.45, 7) is 0. The molecule has 1 aromatic carbocycles. The van der Waals surface area contributed by atoms with Crippen molar-refractivity contribution in [2.24, 2.45) is 5.92 Å². The van der Waals surface area contributed by atoms with Gasteiger partial charge in [-0.25, -0.2) is 0 Å². The number of hydrogen-bond donors (Lipinski definition) is 3. The van der Waals surface area contributed by atoms with Crippen molar-refractivity contribution in [3.63, 3.8) is 0 Å². The number of ether oxygens (including phenoxy) is 2. The predicted molar refractivity (Wildman–Crippen MR) is 104 cm³/mol. The first-order chi connectivity index (χ1) is 13.6. The lowest BCUT2D eigenvalue weighted by molar-refractivity contribution is -0.285. The Labute approximate surface area is 173 Å². The number of carbonyl (C=O) groups excluding carboxylic acids is 1. The predicted octanol–water partition coefficient (Wildman–Crippen LogP) is 3.03. The number of methoxy groups -OCH3 is 2. The van der Waals surface area contributed by atoms with Crippen LogP contribution in [-0.2, 0) is 0 Å². The van der Waals surface area contributed by atoms with E-state index in [4.69, 9.17) is 21.7 Å². The minimum atomic E-state index is -5.18. The van der Waals surface area contributed by atoms with Gasteiger partial charge in [0.05, 0.1) is 25.1 Å². The molecule has 156 valence electrons. The van der Waals surface area contributed by atoms with E-state index in [1.807, 2.05) is 5.32 Å². The Morgan fingerprint density at radius 1 is 1.24 bits per heavy atom. The Morgan fingerprint density at radius 3 is 2.48 bits per heavy atom. The number of carbonyl (C=O) groups is 1. The summed E-state index contributed by atoms with van der Waals surface area (Å²) >= 11 is 5.89. The summed E-state index contributed by atoms with van der Waals surface area (Å²) in [6.07, 6.45) is -5.18. The van der Waals surface area contributed by atoms with Gasteiger partial charge in [0.1, 0.15) is 5.92 Å². The lowest BCUT2D eigenvalue weighted by Gasteiger charge is -2.46. The van der Waals surface area contributed by atoms with Gasteiger partial charge in [0.15, 0.2) is 22.4 Å². The molecule has 3 N–H and O–H groups in total. The summed E-state index contributed by atoms with van der Waals surface area (Å²) in [5, 5.41) is 16.3. The molecule has 2 aromatic rings. The molecule has 0 saturated carbocycles. The Bertz CT molecular complexity index is 920. The van der Waals surface area contributed by atoms with E-state index in [1.54, 1.807) is 11.4 Å². The van der Waals surface area contributed by atoms with Crippen LogP contribution in [0, 0.1) is 5.92 Å². The lowest BCUT2D eigenvalue weighted by Crippen LogP contribution is -2.72. The third-order valence-corrected chi connectivity index (χ3v) is 5.72. The molecular formula is C18H17F3N2O4S2. The van der Waals surface area contributed by atoms with Crippen LogP contribution in [0.1, 0.15) is 21.3 Å². The topological polar surface area (TPSA) is 79.8 Å². The number of aliphatic hydroxyl groups is 1. The third-order valence-electron chi connectivity index (χ3n) is 4.62. The molecule has 3 atom stereocenters. The molecular weight excluding hydrogens is 429 g/mol. The number of hydrogen-bond acceptors (Lipinski definition) is 6. The monoisotopic (exact) mass is 446 g/mol. The van der Waals surface area contributed by atoms with Crippen LogP contribution in [0.2, 0.25) is 0 Å². The van der Waals surface area contributed by atoms with Crippen LogP contribution in [0.3, 0.4) is 0 Å². The first kappa shape index (κ1) is 21.3. The molecule has 3 rings (SSSR count). The SMILES string of the molecule is COc1ccc([C@@H]2NC(=S)N[C@](O)(C(F)(F)F)[C@@H]2C(=O)c2cccs2)cc1OC. The van der Waals surface area contributed by atoms with Crippen molar-refractivity contribution >= 4 is 34.5 Å². The number of benzene rings is 1. The number of thiocarbonyl (C=S) groups is 1. The molecule has 0 unspecified atom stereocenters. The van der Waals surface area contributed by atoms with E-state index in [9.17, 15) is 23.1 Å². The van der Waals surface area contributed by atoms with Crippen molar-refractivity contribution in [2.45, 2.75) is 17.9 Å². The maximum absolute atomic E-state index is 13.9. The lowest BCUT2D eigenvalue weighted by atomic mass is 9.78. The molecule has 1 aromatic heterocycles. The largest absolute Gasteiger partial charge is 0.493 e. The number of nitrogens with one attached hydrogen (secondary N) is 2. The van der Waals surface area contributed by atoms with E-state index in [0.29, 0.717) is 5.75 Å². The van der Waals surface area contributed by atoms with E-state index >= 15 is 0 Å². The van der Waals surface area contributed by atoms with Gasteiger partial charge in [0.25, 0.3) is 0 Å². The van der Waals surface area contributed by atoms with Crippen molar-refractivity contribution in [3.05, 3.63) is 46.2 Å². The molecule has 1 saturated heterocycles. The molecule has 1 aliphatic rings. The van der Waals surface area contributed by atoms with E-state index in [2.05, 4.69) is 5.32 Å². The number of Topliss-reactive ketones (excluding diaryl/α,β-unsaturated/α-hetero) is 1. The highest BCUT2D eigenvalue weighted by Crippen LogP contribution is 2.45. The summed E-state index contributed by atoms with van der Waals surface area (Å²) in [5.74, 6) is -2.21. The molecule has 0 radical (unpaired) electrons. The second kappa shape index (κ2) is 7.81. The fourth-order valence-electron chi connectivity index (χ4n) is 3.24. The second-order valence-electron chi connectivity index (χ2n) is 6.27. The van der Waals surface area contributed by atoms with Gasteiger partial charge in [-0.3, -0.25) is 4.79 Å². The van der Waals surface area contributed by atoms with Crippen LogP contribution in [0.25, 0.3) is 0 Å². The van der Waals surface area contributed by atoms with Crippen LogP contribution in [0.5, 0.6) is 11.5 Å². The van der Waals surface area contributed by atoms with Gasteiger partial charge in [-0.2, -0.15) is 13.2 Å². The molecule has 1 fully saturated rings. The van der Waals surface area contributed by atoms with E-state index < -0.39 is 34.8 Å². The standard InChI is InChI=1S/C18H17F3N2O4S2/c1-26-10-6-5-9(8-11(10)27-2)14-13(15(24)12-4-3-7-29-12)17(25,18(19,20)21)23-16(28)22-14/h3-8,13-14,25H,1-2H3,(H2,22,23,28)/t13-,14-,17+/m0/s1. The van der Waals surface area contributed by atoms with Crippen molar-refractivity contribution in [1.82, 2.24) is 10.6 Å². The van der Waals surface area contributed by atoms with Crippen molar-refractivity contribution in [3.8, 4) is 11.5 Å². The van der Waals surface area contributed by atoms with Crippen molar-refractivity contribution in [1.29, 1.82) is 0 Å². The minimum absolute atomic E-state index is 0.0829. The van der Waals surface area contributed by atoms with Gasteiger partial charge < -0.3 is 25.2 Å². The highest BCUT2D eigenvalue weighted by Gasteiger charge is 2.65. The van der Waals surface area contributed by atoms with Gasteiger partial charge in [-0.05, 0) is 41.4 Å². The summed E-state index contributed by atoms with van der Waals surface area (Å²) in [7, 11) is 2.80. The molecule has 0 spiro atoms. The first-order valence-corrected chi connectivity index (χ1v) is 9.58. The number of alkyl halides is 3. The summed E-state index contributed by atoms with van der Waals surface area (Å²) in [4.78, 5) is 13.1. The number of rotatable bonds is 5. The summed E-state index contributed by atoms with van der Waals surface area (Å²) in [6, 6.07) is 6.10. The van der Waals surface area contributed by atoms with Crippen LogP contribution in [0.15, 0.2) is 35.7 Å². The average Bonchev–Trinajstić information content (AvgIpc) is 3.20. The molecule has 0 aliphatic carbocycles. The second-order valence-corrected chi connectivity index (χ2v) is 7.63. The quantitative estimate of drug-likeness (QED) is 0.481. The Balaban J connectivity index is 2.17. The molecule has 29 heavy (non-hydrogen) atoms. The highest BCUT2D eigenvalue weighted by atomic mass is 32.1. The zero-order valence-corrected chi connectivity index (χ0v) is 16.9. The van der Waals surface area contributed by atoms with Crippen LogP contribution < -0.4 is 20.1 Å². The third kappa shape index (κ3) is 3.77. The minimum Gasteiger partial charge on any atom is -0.493 e. The fourth-order valence-corrected chi connectivity index (χ4v) is 4.22. The zero-order chi connectivity index (χ0) is 21.4. The normalized spacial score (nSPS) is 24.4. The Kier molecular flexibility index (Phi) is 5.74. The van der Waals surface area contributed by atoms with Gasteiger partial charge in [-0.15, -0.1) is 11.3 Å². The molecule has 0 amide bonds. The summed E-state index contributed by atoms with van der Waals surface area (Å²) < 4.78 is 52.1. The highest BCUT2D eigenvalue weighted by molar-refractivity contribution is 7.80. The van der Waals surface area contributed by atoms with Gasteiger partial charge >= 0.3 is 6.18 Å². The van der Waals surface area contributed by atoms with Crippen LogP contribution in [0.4, 0.5) is 13.2 Å². The van der Waals surface area contributed by atoms with Crippen LogP contribution in [-0.4, -0.2) is 42.1 Å². The number of ketones is 1. The smallest absolute Gasteiger partial charge is 0.437 e. The zero-order valence-electron chi connectivity index (χ0n) is 15.2. The molecule has 2 heterocycles. The van der Waals surface area contributed by atoms with Gasteiger partial charge in [0.2, 0.25) is 5.72 Å². The molecule has 6 nitrogen and oxygen atoms in total. The maximum atomic E-state index is 13.9. The molecule has 1 aliphatic heterocycles. The maximum Gasteiger partial charge on any atom is 0.437 e. The summed E-state index contributed by atoms with van der Waals surface area (Å²) in [5.41, 5.74) is -3.29. The number of halogens is 3. The Hall–Kier alpha value is -2.37. The van der Waals surface area contributed by atoms with E-state index in [0.717, 1.165) is 11.3 Å². The van der Waals surface area contributed by atoms with Crippen molar-refractivity contribution in [2.75, 3.05) is 14.2 Å². The van der Waals surface area contributed by atoms with E-state index in [1.165, 1.54) is 38.5 Å². The van der Waals surface area contributed by atoms with Gasteiger partial charge in [-0.1, -0.05) is 12.1 Å². The van der Waals surface area contributed by atoms with Gasteiger partial charge in [0, 0.05) is 0 Å². The van der Waals surface area contributed by atoms with E-state index in [-0.39, 0.29) is 16.2 Å². The average molecular weight is 446 g/mol. The van der Waals surface area contributed by atoms with Crippen LogP contribution >= 0.6 is 23.6 Å². The first-order valence-electron chi connectivity index (χ1n) is 8.29. The molecule has 11 heteroatoms. The molecule has 0 bridgehead atoms. The fraction of sp³-hybridized carbons (Fsp3) is 0.333. The van der Waals surface area contributed by atoms with Crippen molar-refractivity contribution < 1.29 is 32.5 Å². The number of thiophene rings is 1. The Morgan fingerprint density at radius 2 is 1.93 bits per heavy atom.